The first-order chi connectivity index (χ1) is 16.7. The van der Waals surface area contributed by atoms with Crippen LogP contribution in [0.2, 0.25) is 0 Å². The van der Waals surface area contributed by atoms with Gasteiger partial charge < -0.3 is 16.0 Å². The first-order valence-corrected chi connectivity index (χ1v) is 12.6. The molecule has 35 heavy (non-hydrogen) atoms. The molecule has 1 saturated carbocycles. The van der Waals surface area contributed by atoms with Crippen LogP contribution in [0.25, 0.3) is 42.0 Å². The Hall–Kier alpha value is -2.37. The van der Waals surface area contributed by atoms with Gasteiger partial charge in [-0.1, -0.05) is 90.3 Å². The van der Waals surface area contributed by atoms with Gasteiger partial charge in [-0.3, -0.25) is 0 Å². The van der Waals surface area contributed by atoms with Crippen LogP contribution in [0, 0.1) is 0 Å². The van der Waals surface area contributed by atoms with Crippen LogP contribution < -0.4 is 5.32 Å². The molecule has 1 N–H and O–H groups in total. The first kappa shape index (κ1) is 23.1. The largest absolute Gasteiger partial charge is 0.659 e. The fraction of sp³-hybridized carbons (Fsp3) is 0.167. The average Bonchev–Trinajstić information content (AvgIpc) is 3.61. The number of rotatable bonds is 4. The molecule has 5 aromatic rings. The number of benzene rings is 4. The van der Waals surface area contributed by atoms with Crippen LogP contribution in [0.15, 0.2) is 84.9 Å². The first-order valence-electron chi connectivity index (χ1n) is 11.8. The predicted molar refractivity (Wildman–Crippen MR) is 144 cm³/mol. The molecule has 0 saturated heterocycles. The third-order valence-corrected chi connectivity index (χ3v) is 8.64. The zero-order chi connectivity index (χ0) is 22.8. The molecule has 3 nitrogen and oxygen atoms in total. The molecular weight excluding hydrogens is 523 g/mol. The number of fused-ring (bicyclic) bond motifs is 9. The summed E-state index contributed by atoms with van der Waals surface area (Å²) in [6, 6.07) is 30.0. The van der Waals surface area contributed by atoms with Crippen molar-refractivity contribution < 1.29 is 32.7 Å². The monoisotopic (exact) mass is 546 g/mol. The molecular formula is C30H23N3SY-2. The molecule has 3 unspecified atom stereocenters. The second-order valence-corrected chi connectivity index (χ2v) is 10.4. The Morgan fingerprint density at radius 3 is 2.51 bits per heavy atom. The zero-order valence-electron chi connectivity index (χ0n) is 19.4. The summed E-state index contributed by atoms with van der Waals surface area (Å²) in [4.78, 5) is 0. The molecule has 2 aliphatic rings. The SMILES string of the molecule is C[N-]C(NC(=[N-])c1cccc2c1sc1ccccc12)c1ccc2c(c1)C1CC1c1ccccc1-2.[Y]. The molecule has 7 rings (SSSR count). The van der Waals surface area contributed by atoms with Crippen molar-refractivity contribution in [1.29, 1.82) is 0 Å². The van der Waals surface area contributed by atoms with Crippen LogP contribution in [0.4, 0.5) is 0 Å². The van der Waals surface area contributed by atoms with Gasteiger partial charge in [0.2, 0.25) is 0 Å². The Morgan fingerprint density at radius 1 is 0.886 bits per heavy atom. The minimum absolute atomic E-state index is 0. The Balaban J connectivity index is 0.00000229. The van der Waals surface area contributed by atoms with Crippen molar-refractivity contribution in [3.63, 3.8) is 0 Å². The van der Waals surface area contributed by atoms with E-state index in [1.165, 1.54) is 44.1 Å². The van der Waals surface area contributed by atoms with E-state index in [1.807, 2.05) is 12.1 Å². The Morgan fingerprint density at radius 2 is 1.63 bits per heavy atom. The van der Waals surface area contributed by atoms with Crippen LogP contribution in [0.3, 0.4) is 0 Å². The van der Waals surface area contributed by atoms with Crippen LogP contribution in [-0.4, -0.2) is 12.9 Å². The van der Waals surface area contributed by atoms with Crippen molar-refractivity contribution in [3.05, 3.63) is 118 Å². The minimum Gasteiger partial charge on any atom is -0.659 e. The molecule has 4 aromatic carbocycles. The van der Waals surface area contributed by atoms with Gasteiger partial charge in [0, 0.05) is 52.9 Å². The summed E-state index contributed by atoms with van der Waals surface area (Å²) in [5.41, 5.74) is 7.53. The smallest absolute Gasteiger partial charge is 0.0426 e. The van der Waals surface area contributed by atoms with E-state index in [1.54, 1.807) is 18.4 Å². The van der Waals surface area contributed by atoms with Crippen LogP contribution in [-0.2, 0) is 32.7 Å². The van der Waals surface area contributed by atoms with Gasteiger partial charge in [-0.2, -0.15) is 7.05 Å². The zero-order valence-corrected chi connectivity index (χ0v) is 23.1. The molecule has 2 aliphatic carbocycles. The standard InChI is InChI=1S/C30H23N3S.Y/c1-32-30(17-13-14-20-18-7-2-3-8-19(18)25-16-26(25)24(20)15-17)33-29(31)23-11-6-10-22-21-9-4-5-12-27(21)34-28(22)23;/h2-15,25-26,30H,16H2,1H3,(H-,31,33);/q-2;. The Kier molecular flexibility index (Phi) is 5.89. The van der Waals surface area contributed by atoms with Gasteiger partial charge in [0.1, 0.15) is 0 Å². The van der Waals surface area contributed by atoms with E-state index >= 15 is 0 Å². The van der Waals surface area contributed by atoms with Crippen molar-refractivity contribution in [2.24, 2.45) is 0 Å². The molecule has 3 atom stereocenters. The predicted octanol–water partition coefficient (Wildman–Crippen LogP) is 7.91. The van der Waals surface area contributed by atoms with Gasteiger partial charge in [0.15, 0.2) is 0 Å². The van der Waals surface area contributed by atoms with Gasteiger partial charge in [-0.25, -0.2) is 0 Å². The number of hydrogen-bond donors (Lipinski definition) is 1. The van der Waals surface area contributed by atoms with Gasteiger partial charge in [-0.15, -0.1) is 17.5 Å². The minimum atomic E-state index is -0.315. The summed E-state index contributed by atoms with van der Waals surface area (Å²) in [6.07, 6.45) is 0.907. The van der Waals surface area contributed by atoms with E-state index in [-0.39, 0.29) is 44.7 Å². The summed E-state index contributed by atoms with van der Waals surface area (Å²) in [5.74, 6) is 1.42. The number of nitrogens with zero attached hydrogens (tertiary/aromatic N) is 2. The van der Waals surface area contributed by atoms with Gasteiger partial charge in [0.05, 0.1) is 0 Å². The molecule has 1 aromatic heterocycles. The number of thiophene rings is 1. The van der Waals surface area contributed by atoms with E-state index in [0.29, 0.717) is 11.8 Å². The van der Waals surface area contributed by atoms with Gasteiger partial charge in [0.25, 0.3) is 0 Å². The molecule has 0 bridgehead atoms. The van der Waals surface area contributed by atoms with E-state index < -0.39 is 0 Å². The van der Waals surface area contributed by atoms with E-state index in [0.717, 1.165) is 15.8 Å². The van der Waals surface area contributed by atoms with Crippen molar-refractivity contribution in [3.8, 4) is 11.1 Å². The summed E-state index contributed by atoms with van der Waals surface area (Å²) in [7, 11) is 1.81. The number of hydrogen-bond acceptors (Lipinski definition) is 1. The molecule has 169 valence electrons. The second-order valence-electron chi connectivity index (χ2n) is 9.32. The molecule has 0 spiro atoms. The fourth-order valence-corrected chi connectivity index (χ4v) is 6.91. The van der Waals surface area contributed by atoms with Crippen LogP contribution in [0.1, 0.15) is 46.7 Å². The topological polar surface area (TPSA) is 48.4 Å². The van der Waals surface area contributed by atoms with Gasteiger partial charge in [-0.05, 0) is 52.1 Å². The molecule has 0 aliphatic heterocycles. The maximum absolute atomic E-state index is 11.2. The van der Waals surface area contributed by atoms with Crippen molar-refractivity contribution in [2.45, 2.75) is 24.4 Å². The van der Waals surface area contributed by atoms with Crippen LogP contribution >= 0.6 is 11.3 Å². The van der Waals surface area contributed by atoms with E-state index in [2.05, 4.69) is 83.4 Å². The van der Waals surface area contributed by atoms with Crippen molar-refractivity contribution in [2.75, 3.05) is 7.05 Å². The van der Waals surface area contributed by atoms with E-state index in [9.17, 15) is 5.41 Å². The summed E-state index contributed by atoms with van der Waals surface area (Å²) >= 11 is 1.71. The maximum atomic E-state index is 11.2. The van der Waals surface area contributed by atoms with Gasteiger partial charge >= 0.3 is 0 Å². The summed E-state index contributed by atoms with van der Waals surface area (Å²) < 4.78 is 2.31. The summed E-state index contributed by atoms with van der Waals surface area (Å²) in [5, 5.41) is 21.5. The quantitative estimate of drug-likeness (QED) is 0.181. The normalized spacial score (nSPS) is 18.2. The Labute approximate surface area is 234 Å². The van der Waals surface area contributed by atoms with Crippen LogP contribution in [0.5, 0.6) is 0 Å². The Bertz CT molecular complexity index is 1600. The van der Waals surface area contributed by atoms with Crippen molar-refractivity contribution in [1.82, 2.24) is 5.32 Å². The third kappa shape index (κ3) is 3.70. The average molecular weight is 547 g/mol. The second kappa shape index (κ2) is 8.94. The number of nitrogens with one attached hydrogen (secondary N) is 1. The third-order valence-electron chi connectivity index (χ3n) is 7.42. The molecule has 1 heterocycles. The number of amidine groups is 1. The maximum Gasteiger partial charge on any atom is 0.0426 e. The molecule has 1 radical (unpaired) electrons. The fourth-order valence-electron chi connectivity index (χ4n) is 5.69. The van der Waals surface area contributed by atoms with Crippen molar-refractivity contribution >= 4 is 37.3 Å². The molecule has 0 amide bonds. The molecule has 5 heteroatoms. The molecule has 1 fully saturated rings. The van der Waals surface area contributed by atoms with E-state index in [4.69, 9.17) is 0 Å². The summed E-state index contributed by atoms with van der Waals surface area (Å²) in [6.45, 7) is 0.